The van der Waals surface area contributed by atoms with Crippen molar-refractivity contribution in [3.63, 3.8) is 0 Å². The molecular formula is C36H32ClN7O2S3. The number of aromatic nitrogens is 5. The number of aliphatic imine (C=N–C) groups is 1. The lowest BCUT2D eigenvalue weighted by Crippen LogP contribution is -2.25. The fraction of sp³-hybridized carbons (Fsp3) is 0.250. The number of pyridine rings is 1. The van der Waals surface area contributed by atoms with Crippen LogP contribution in [0.5, 0.6) is 0 Å². The van der Waals surface area contributed by atoms with Crippen LogP contribution in [0.15, 0.2) is 70.1 Å². The van der Waals surface area contributed by atoms with Crippen molar-refractivity contribution in [1.29, 1.82) is 0 Å². The summed E-state index contributed by atoms with van der Waals surface area (Å²) in [5, 5.41) is 17.3. The van der Waals surface area contributed by atoms with Crippen LogP contribution >= 0.6 is 46.0 Å². The molecule has 0 bridgehead atoms. The number of benzene rings is 2. The summed E-state index contributed by atoms with van der Waals surface area (Å²) in [7, 11) is 0. The number of carbonyl (C=O) groups excluding carboxylic acids is 2. The maximum Gasteiger partial charge on any atom is 0.252 e. The summed E-state index contributed by atoms with van der Waals surface area (Å²) in [5.41, 5.74) is 6.02. The Morgan fingerprint density at radius 3 is 2.63 bits per heavy atom. The third kappa shape index (κ3) is 6.70. The fourth-order valence-corrected chi connectivity index (χ4v) is 8.66. The van der Waals surface area contributed by atoms with Gasteiger partial charge in [0.25, 0.3) is 5.91 Å². The quantitative estimate of drug-likeness (QED) is 0.144. The Balaban J connectivity index is 1.18. The van der Waals surface area contributed by atoms with E-state index >= 15 is 0 Å². The van der Waals surface area contributed by atoms with Crippen molar-refractivity contribution in [2.24, 2.45) is 4.99 Å². The Morgan fingerprint density at radius 2 is 1.88 bits per heavy atom. The molecule has 248 valence electrons. The van der Waals surface area contributed by atoms with Crippen molar-refractivity contribution in [2.45, 2.75) is 51.0 Å². The van der Waals surface area contributed by atoms with Crippen LogP contribution in [-0.4, -0.2) is 54.9 Å². The summed E-state index contributed by atoms with van der Waals surface area (Å²) in [5.74, 6) is 1.22. The molecule has 0 fully saturated rings. The topological polar surface area (TPSA) is 115 Å². The number of nitrogens with zero attached hydrogens (tertiary/aromatic N) is 6. The van der Waals surface area contributed by atoms with E-state index in [0.29, 0.717) is 29.4 Å². The van der Waals surface area contributed by atoms with E-state index in [1.165, 1.54) is 4.88 Å². The van der Waals surface area contributed by atoms with Crippen LogP contribution in [0.2, 0.25) is 5.02 Å². The number of thioether (sulfide) groups is 1. The van der Waals surface area contributed by atoms with Crippen LogP contribution in [0.1, 0.15) is 66.6 Å². The second kappa shape index (κ2) is 13.9. The van der Waals surface area contributed by atoms with Gasteiger partial charge < -0.3 is 5.32 Å². The minimum Gasteiger partial charge on any atom is -0.352 e. The average Bonchev–Trinajstić information content (AvgIpc) is 3.80. The highest BCUT2D eigenvalue weighted by atomic mass is 35.5. The second-order valence-electron chi connectivity index (χ2n) is 11.8. The first-order chi connectivity index (χ1) is 23.7. The van der Waals surface area contributed by atoms with E-state index in [9.17, 15) is 9.59 Å². The Kier molecular flexibility index (Phi) is 9.47. The van der Waals surface area contributed by atoms with Crippen molar-refractivity contribution < 1.29 is 9.59 Å². The third-order valence-corrected chi connectivity index (χ3v) is 11.6. The van der Waals surface area contributed by atoms with Gasteiger partial charge in [0, 0.05) is 74.9 Å². The van der Waals surface area contributed by atoms with Crippen molar-refractivity contribution in [3.8, 4) is 5.00 Å². The molecule has 4 aromatic heterocycles. The zero-order valence-electron chi connectivity index (χ0n) is 27.3. The van der Waals surface area contributed by atoms with E-state index in [1.807, 2.05) is 61.0 Å². The van der Waals surface area contributed by atoms with Crippen molar-refractivity contribution in [1.82, 2.24) is 30.0 Å². The molecule has 1 amide bonds. The van der Waals surface area contributed by atoms with Crippen LogP contribution in [-0.2, 0) is 17.6 Å². The predicted molar refractivity (Wildman–Crippen MR) is 198 cm³/mol. The number of ketones is 1. The summed E-state index contributed by atoms with van der Waals surface area (Å²) >= 11 is 11.1. The van der Waals surface area contributed by atoms with Crippen LogP contribution in [0.4, 0.5) is 0 Å². The number of thiazole rings is 1. The van der Waals surface area contributed by atoms with Crippen LogP contribution in [0.25, 0.3) is 15.9 Å². The number of fused-ring (bicyclic) bond motifs is 4. The average molecular weight is 726 g/mol. The first-order valence-corrected chi connectivity index (χ1v) is 19.0. The monoisotopic (exact) mass is 725 g/mol. The van der Waals surface area contributed by atoms with Gasteiger partial charge in [-0.2, -0.15) is 0 Å². The third-order valence-electron chi connectivity index (χ3n) is 8.58. The lowest BCUT2D eigenvalue weighted by molar-refractivity contribution is -0.118. The predicted octanol–water partition coefficient (Wildman–Crippen LogP) is 7.70. The highest BCUT2D eigenvalue weighted by Gasteiger charge is 2.32. The molecule has 0 radical (unpaired) electrons. The number of carbonyl (C=O) groups is 2. The minimum absolute atomic E-state index is 0.0185. The molecule has 0 unspecified atom stereocenters. The number of aryl methyl sites for hydroxylation is 2. The fourth-order valence-electron chi connectivity index (χ4n) is 6.07. The number of hydrogen-bond donors (Lipinski definition) is 1. The normalized spacial score (nSPS) is 13.9. The smallest absolute Gasteiger partial charge is 0.252 e. The van der Waals surface area contributed by atoms with Crippen LogP contribution < -0.4 is 5.32 Å². The lowest BCUT2D eigenvalue weighted by atomic mass is 9.99. The lowest BCUT2D eigenvalue weighted by Gasteiger charge is -2.13. The Labute approximate surface area is 300 Å². The first kappa shape index (κ1) is 33.3. The highest BCUT2D eigenvalue weighted by Crippen LogP contribution is 2.40. The molecule has 6 aromatic rings. The largest absolute Gasteiger partial charge is 0.352 e. The van der Waals surface area contributed by atoms with Crippen LogP contribution in [0, 0.1) is 20.8 Å². The van der Waals surface area contributed by atoms with Gasteiger partial charge in [-0.25, -0.2) is 4.98 Å². The van der Waals surface area contributed by atoms with E-state index in [2.05, 4.69) is 43.9 Å². The van der Waals surface area contributed by atoms with E-state index in [1.54, 1.807) is 46.8 Å². The molecule has 1 aliphatic rings. The van der Waals surface area contributed by atoms with Gasteiger partial charge in [-0.1, -0.05) is 23.7 Å². The second-order valence-corrected chi connectivity index (χ2v) is 15.3. The molecular weight excluding hydrogens is 694 g/mol. The number of Topliss-reactive ketones (excluding diaryl/α,β-unsaturated/α-hetero) is 1. The molecule has 7 rings (SSSR count). The molecule has 13 heteroatoms. The number of halogens is 1. The molecule has 0 saturated heterocycles. The van der Waals surface area contributed by atoms with Gasteiger partial charge in [0.15, 0.2) is 5.82 Å². The Hall–Kier alpha value is -4.23. The van der Waals surface area contributed by atoms with E-state index in [0.717, 1.165) is 59.6 Å². The van der Waals surface area contributed by atoms with Gasteiger partial charge >= 0.3 is 0 Å². The molecule has 0 spiro atoms. The van der Waals surface area contributed by atoms with Gasteiger partial charge in [-0.05, 0) is 68.5 Å². The van der Waals surface area contributed by atoms with Gasteiger partial charge in [0.1, 0.15) is 22.7 Å². The Bertz CT molecular complexity index is 2240. The zero-order valence-corrected chi connectivity index (χ0v) is 30.5. The summed E-state index contributed by atoms with van der Waals surface area (Å²) in [4.78, 5) is 43.2. The molecule has 2 aromatic carbocycles. The van der Waals surface area contributed by atoms with Crippen molar-refractivity contribution in [3.05, 3.63) is 115 Å². The maximum absolute atomic E-state index is 13.9. The standard InChI is InChI=1S/C36H32ClN7O2S3/c1-19-20(2)49-36-31(19)33(23-5-7-26(37)8-6-23)41-28(34-43-42-21(3)44(34)36)17-27(45)14-22-13-24-16-25(18-40-32(24)29(15-22)47-4)35(46)39-10-9-30-38-11-12-48-30/h5-8,11-13,15-16,18,28H,9-10,14,17H2,1-4H3,(H,39,46)/t28-/m0/s1. The van der Waals surface area contributed by atoms with Gasteiger partial charge in [-0.15, -0.1) is 44.6 Å². The van der Waals surface area contributed by atoms with Gasteiger partial charge in [0.2, 0.25) is 0 Å². The van der Waals surface area contributed by atoms with Crippen molar-refractivity contribution in [2.75, 3.05) is 12.8 Å². The zero-order chi connectivity index (χ0) is 34.2. The molecule has 0 aliphatic carbocycles. The molecule has 9 nitrogen and oxygen atoms in total. The van der Waals surface area contributed by atoms with Crippen LogP contribution in [0.3, 0.4) is 0 Å². The summed E-state index contributed by atoms with van der Waals surface area (Å²) in [6.45, 7) is 6.63. The van der Waals surface area contributed by atoms with Gasteiger partial charge in [0.05, 0.1) is 21.8 Å². The molecule has 1 N–H and O–H groups in total. The summed E-state index contributed by atoms with van der Waals surface area (Å²) in [6.07, 6.45) is 6.36. The summed E-state index contributed by atoms with van der Waals surface area (Å²) in [6, 6.07) is 12.9. The van der Waals surface area contributed by atoms with E-state index in [4.69, 9.17) is 16.6 Å². The number of rotatable bonds is 10. The Morgan fingerprint density at radius 1 is 1.06 bits per heavy atom. The molecule has 49 heavy (non-hydrogen) atoms. The van der Waals surface area contributed by atoms with Crippen molar-refractivity contribution >= 4 is 74.3 Å². The number of hydrogen-bond acceptors (Lipinski definition) is 10. The van der Waals surface area contributed by atoms with E-state index in [-0.39, 0.29) is 24.5 Å². The molecule has 1 aliphatic heterocycles. The van der Waals surface area contributed by atoms with E-state index < -0.39 is 6.04 Å². The number of nitrogens with one attached hydrogen (secondary N) is 1. The molecule has 5 heterocycles. The first-order valence-electron chi connectivity index (χ1n) is 15.7. The highest BCUT2D eigenvalue weighted by molar-refractivity contribution is 7.98. The molecule has 0 saturated carbocycles. The number of thiophene rings is 1. The summed E-state index contributed by atoms with van der Waals surface area (Å²) < 4.78 is 2.06. The SMILES string of the molecule is CSc1cc(CC(=O)C[C@@H]2N=C(c3ccc(Cl)cc3)c3c(sc(C)c3C)-n3c(C)nnc32)cc2cc(C(=O)NCCc3nccs3)cnc12. The van der Waals surface area contributed by atoms with Gasteiger partial charge in [-0.3, -0.25) is 24.1 Å². The number of amides is 1. The minimum atomic E-state index is -0.541. The maximum atomic E-state index is 13.9. The molecule has 1 atom stereocenters.